The molecule has 0 bridgehead atoms. The summed E-state index contributed by atoms with van der Waals surface area (Å²) in [6.07, 6.45) is 8.59. The number of nitrogens with zero attached hydrogens (tertiary/aromatic N) is 1. The monoisotopic (exact) mass is 227 g/mol. The number of amides is 1. The number of terminal acetylenes is 1. The number of aliphatic hydroxyl groups excluding tert-OH is 1. The van der Waals surface area contributed by atoms with Crippen molar-refractivity contribution in [2.45, 2.75) is 18.9 Å². The number of carbonyl (C=O) groups is 1. The van der Waals surface area contributed by atoms with Gasteiger partial charge in [-0.15, -0.1) is 12.3 Å². The maximum Gasteiger partial charge on any atom is 0.224 e. The number of rotatable bonds is 5. The first kappa shape index (κ1) is 12.4. The van der Waals surface area contributed by atoms with Crippen LogP contribution in [0.5, 0.6) is 0 Å². The highest BCUT2D eigenvalue weighted by molar-refractivity contribution is 7.98. The summed E-state index contributed by atoms with van der Waals surface area (Å²) in [6, 6.07) is -0.0525. The Kier molecular flexibility index (Phi) is 5.00. The van der Waals surface area contributed by atoms with E-state index in [0.29, 0.717) is 13.0 Å². The summed E-state index contributed by atoms with van der Waals surface area (Å²) >= 11 is 1.72. The van der Waals surface area contributed by atoms with Crippen LogP contribution in [0.25, 0.3) is 0 Å². The van der Waals surface area contributed by atoms with Crippen LogP contribution in [-0.2, 0) is 4.79 Å². The molecule has 1 N–H and O–H groups in total. The Balaban J connectivity index is 2.53. The Morgan fingerprint density at radius 2 is 2.53 bits per heavy atom. The average Bonchev–Trinajstić information content (AvgIpc) is 2.61. The minimum atomic E-state index is -0.0525. The third-order valence-corrected chi connectivity index (χ3v) is 3.34. The first-order valence-electron chi connectivity index (χ1n) is 5.08. The van der Waals surface area contributed by atoms with E-state index in [0.717, 1.165) is 12.2 Å². The van der Waals surface area contributed by atoms with Crippen molar-refractivity contribution < 1.29 is 9.90 Å². The van der Waals surface area contributed by atoms with Crippen LogP contribution in [0.2, 0.25) is 0 Å². The van der Waals surface area contributed by atoms with Gasteiger partial charge in [-0.05, 0) is 18.4 Å². The molecular weight excluding hydrogens is 210 g/mol. The van der Waals surface area contributed by atoms with Crippen LogP contribution < -0.4 is 0 Å². The van der Waals surface area contributed by atoms with E-state index in [1.165, 1.54) is 0 Å². The van der Waals surface area contributed by atoms with Gasteiger partial charge in [-0.25, -0.2) is 0 Å². The van der Waals surface area contributed by atoms with Gasteiger partial charge in [0, 0.05) is 18.9 Å². The second-order valence-electron chi connectivity index (χ2n) is 3.73. The lowest BCUT2D eigenvalue weighted by atomic mass is 10.1. The summed E-state index contributed by atoms with van der Waals surface area (Å²) in [6.45, 7) is 0.637. The Bertz CT molecular complexity index is 262. The molecule has 15 heavy (non-hydrogen) atoms. The lowest BCUT2D eigenvalue weighted by Crippen LogP contribution is -2.39. The molecule has 0 aromatic carbocycles. The SMILES string of the molecule is C#CC1CC(=O)N([C@H](CO)CCSC)C1. The zero-order valence-electron chi connectivity index (χ0n) is 8.98. The fourth-order valence-electron chi connectivity index (χ4n) is 1.80. The lowest BCUT2D eigenvalue weighted by Gasteiger charge is -2.25. The van der Waals surface area contributed by atoms with Crippen LogP contribution in [0.1, 0.15) is 12.8 Å². The molecule has 1 unspecified atom stereocenters. The maximum absolute atomic E-state index is 11.6. The molecule has 0 radical (unpaired) electrons. The number of thioether (sulfide) groups is 1. The van der Waals surface area contributed by atoms with Crippen molar-refractivity contribution in [3.05, 3.63) is 0 Å². The van der Waals surface area contributed by atoms with E-state index in [9.17, 15) is 9.90 Å². The molecule has 1 saturated heterocycles. The van der Waals surface area contributed by atoms with Gasteiger partial charge in [0.1, 0.15) is 0 Å². The lowest BCUT2D eigenvalue weighted by molar-refractivity contribution is -0.130. The Morgan fingerprint density at radius 3 is 3.00 bits per heavy atom. The normalized spacial score (nSPS) is 22.9. The number of likely N-dealkylation sites (tertiary alicyclic amines) is 1. The number of hydrogen-bond donors (Lipinski definition) is 1. The highest BCUT2D eigenvalue weighted by atomic mass is 32.2. The fourth-order valence-corrected chi connectivity index (χ4v) is 2.30. The average molecular weight is 227 g/mol. The van der Waals surface area contributed by atoms with E-state index in [1.54, 1.807) is 16.7 Å². The predicted molar refractivity (Wildman–Crippen MR) is 62.5 cm³/mol. The zero-order chi connectivity index (χ0) is 11.3. The summed E-state index contributed by atoms with van der Waals surface area (Å²) in [4.78, 5) is 13.4. The summed E-state index contributed by atoms with van der Waals surface area (Å²) in [5.74, 6) is 3.67. The standard InChI is InChI=1S/C11H17NO2S/c1-3-9-6-11(14)12(7-9)10(8-13)4-5-15-2/h1,9-10,13H,4-8H2,2H3/t9?,10-/m0/s1. The van der Waals surface area contributed by atoms with Crippen molar-refractivity contribution in [2.24, 2.45) is 5.92 Å². The van der Waals surface area contributed by atoms with Gasteiger partial charge in [-0.1, -0.05) is 0 Å². The van der Waals surface area contributed by atoms with Crippen LogP contribution in [-0.4, -0.2) is 47.1 Å². The topological polar surface area (TPSA) is 40.5 Å². The van der Waals surface area contributed by atoms with E-state index >= 15 is 0 Å². The van der Waals surface area contributed by atoms with E-state index in [-0.39, 0.29) is 24.5 Å². The smallest absolute Gasteiger partial charge is 0.224 e. The minimum Gasteiger partial charge on any atom is -0.394 e. The first-order chi connectivity index (χ1) is 7.22. The molecule has 1 aliphatic rings. The van der Waals surface area contributed by atoms with E-state index in [1.807, 2.05) is 6.26 Å². The summed E-state index contributed by atoms with van der Waals surface area (Å²) in [7, 11) is 0. The van der Waals surface area contributed by atoms with Crippen LogP contribution >= 0.6 is 11.8 Å². The van der Waals surface area contributed by atoms with E-state index < -0.39 is 0 Å². The zero-order valence-corrected chi connectivity index (χ0v) is 9.80. The first-order valence-corrected chi connectivity index (χ1v) is 6.47. The molecule has 3 nitrogen and oxygen atoms in total. The molecule has 1 amide bonds. The Hall–Kier alpha value is -0.660. The van der Waals surface area contributed by atoms with E-state index in [4.69, 9.17) is 6.42 Å². The molecule has 2 atom stereocenters. The largest absolute Gasteiger partial charge is 0.394 e. The van der Waals surface area contributed by atoms with Crippen molar-refractivity contribution in [3.63, 3.8) is 0 Å². The molecule has 0 spiro atoms. The highest BCUT2D eigenvalue weighted by Crippen LogP contribution is 2.21. The molecule has 0 aromatic heterocycles. The molecule has 1 heterocycles. The Morgan fingerprint density at radius 1 is 1.80 bits per heavy atom. The van der Waals surface area contributed by atoms with Gasteiger partial charge in [0.15, 0.2) is 0 Å². The third-order valence-electron chi connectivity index (χ3n) is 2.70. The molecule has 0 aromatic rings. The quantitative estimate of drug-likeness (QED) is 0.699. The second-order valence-corrected chi connectivity index (χ2v) is 4.72. The van der Waals surface area contributed by atoms with Gasteiger partial charge in [0.05, 0.1) is 12.6 Å². The summed E-state index contributed by atoms with van der Waals surface area (Å²) in [5.41, 5.74) is 0. The van der Waals surface area contributed by atoms with Gasteiger partial charge in [-0.3, -0.25) is 4.79 Å². The molecule has 0 saturated carbocycles. The number of hydrogen-bond acceptors (Lipinski definition) is 3. The van der Waals surface area contributed by atoms with Gasteiger partial charge in [0.25, 0.3) is 0 Å². The van der Waals surface area contributed by atoms with Crippen LogP contribution in [0.3, 0.4) is 0 Å². The summed E-state index contributed by atoms with van der Waals surface area (Å²) in [5, 5.41) is 9.24. The second kappa shape index (κ2) is 6.04. The number of aliphatic hydroxyl groups is 1. The van der Waals surface area contributed by atoms with Crippen LogP contribution in [0.4, 0.5) is 0 Å². The van der Waals surface area contributed by atoms with Crippen molar-refractivity contribution >= 4 is 17.7 Å². The molecule has 84 valence electrons. The molecule has 1 rings (SSSR count). The fraction of sp³-hybridized carbons (Fsp3) is 0.727. The highest BCUT2D eigenvalue weighted by Gasteiger charge is 2.32. The minimum absolute atomic E-state index is 0.0285. The van der Waals surface area contributed by atoms with Crippen LogP contribution in [0.15, 0.2) is 0 Å². The van der Waals surface area contributed by atoms with Crippen LogP contribution in [0, 0.1) is 18.3 Å². The van der Waals surface area contributed by atoms with Crippen molar-refractivity contribution in [3.8, 4) is 12.3 Å². The Labute approximate surface area is 95.2 Å². The summed E-state index contributed by atoms with van der Waals surface area (Å²) < 4.78 is 0. The van der Waals surface area contributed by atoms with Gasteiger partial charge in [0.2, 0.25) is 5.91 Å². The van der Waals surface area contributed by atoms with Gasteiger partial charge in [-0.2, -0.15) is 11.8 Å². The molecule has 1 fully saturated rings. The molecular formula is C11H17NO2S. The number of carbonyl (C=O) groups excluding carboxylic acids is 1. The molecule has 0 aliphatic carbocycles. The predicted octanol–water partition coefficient (Wildman–Crippen LogP) is 0.582. The van der Waals surface area contributed by atoms with Crippen molar-refractivity contribution in [1.29, 1.82) is 0 Å². The van der Waals surface area contributed by atoms with Gasteiger partial charge >= 0.3 is 0 Å². The van der Waals surface area contributed by atoms with Crippen molar-refractivity contribution in [1.82, 2.24) is 4.90 Å². The van der Waals surface area contributed by atoms with Gasteiger partial charge < -0.3 is 10.0 Å². The van der Waals surface area contributed by atoms with Crippen molar-refractivity contribution in [2.75, 3.05) is 25.2 Å². The molecule has 4 heteroatoms. The maximum atomic E-state index is 11.6. The molecule has 1 aliphatic heterocycles. The third kappa shape index (κ3) is 3.15. The van der Waals surface area contributed by atoms with E-state index in [2.05, 4.69) is 5.92 Å².